The molecule has 1 aromatic carbocycles. The number of fused-ring (bicyclic) bond motifs is 2. The van der Waals surface area contributed by atoms with Crippen molar-refractivity contribution < 1.29 is 4.74 Å². The summed E-state index contributed by atoms with van der Waals surface area (Å²) >= 11 is 0. The molecule has 8 heteroatoms. The van der Waals surface area contributed by atoms with Crippen LogP contribution in [0.3, 0.4) is 0 Å². The van der Waals surface area contributed by atoms with Crippen molar-refractivity contribution in [2.24, 2.45) is 0 Å². The number of H-pyrrole nitrogens is 1. The predicted octanol–water partition coefficient (Wildman–Crippen LogP) is 3.67. The summed E-state index contributed by atoms with van der Waals surface area (Å²) in [5, 5.41) is 15.0. The van der Waals surface area contributed by atoms with Gasteiger partial charge in [0.25, 0.3) is 0 Å². The van der Waals surface area contributed by atoms with Crippen molar-refractivity contribution in [2.75, 3.05) is 31.6 Å². The van der Waals surface area contributed by atoms with Crippen LogP contribution in [-0.4, -0.2) is 51.4 Å². The molecule has 0 unspecified atom stereocenters. The quantitative estimate of drug-likeness (QED) is 0.437. The van der Waals surface area contributed by atoms with Crippen LogP contribution in [0.25, 0.3) is 28.2 Å². The highest BCUT2D eigenvalue weighted by Gasteiger charge is 2.16. The smallest absolute Gasteiger partial charge is 0.136 e. The number of morpholine rings is 1. The van der Waals surface area contributed by atoms with Gasteiger partial charge in [0.15, 0.2) is 0 Å². The monoisotopic (exact) mass is 439 g/mol. The van der Waals surface area contributed by atoms with E-state index >= 15 is 0 Å². The summed E-state index contributed by atoms with van der Waals surface area (Å²) < 4.78 is 5.44. The normalized spacial score (nSPS) is 15.9. The van der Waals surface area contributed by atoms with Gasteiger partial charge in [-0.15, -0.1) is 0 Å². The summed E-state index contributed by atoms with van der Waals surface area (Å²) in [5.74, 6) is 0.843. The summed E-state index contributed by atoms with van der Waals surface area (Å²) in [6, 6.07) is 12.5. The van der Waals surface area contributed by atoms with Gasteiger partial charge in [-0.2, -0.15) is 5.10 Å². The zero-order chi connectivity index (χ0) is 22.0. The summed E-state index contributed by atoms with van der Waals surface area (Å²) in [5.41, 5.74) is 7.21. The summed E-state index contributed by atoms with van der Waals surface area (Å²) in [6.45, 7) is 5.07. The highest BCUT2D eigenvalue weighted by Crippen LogP contribution is 2.30. The average Bonchev–Trinajstić information content (AvgIpc) is 3.33. The van der Waals surface area contributed by atoms with Crippen molar-refractivity contribution in [3.63, 3.8) is 0 Å². The molecular formula is C25H25N7O. The molecule has 33 heavy (non-hydrogen) atoms. The minimum Gasteiger partial charge on any atom is -0.387 e. The van der Waals surface area contributed by atoms with E-state index in [-0.39, 0.29) is 0 Å². The second-order valence-corrected chi connectivity index (χ2v) is 8.36. The molecule has 6 rings (SSSR count). The van der Waals surface area contributed by atoms with E-state index < -0.39 is 0 Å². The van der Waals surface area contributed by atoms with Crippen LogP contribution in [0, 0.1) is 0 Å². The second-order valence-electron chi connectivity index (χ2n) is 8.36. The van der Waals surface area contributed by atoms with E-state index in [1.165, 1.54) is 0 Å². The van der Waals surface area contributed by atoms with Gasteiger partial charge in [0.2, 0.25) is 0 Å². The van der Waals surface area contributed by atoms with E-state index in [2.05, 4.69) is 56.1 Å². The van der Waals surface area contributed by atoms with Gasteiger partial charge in [-0.05, 0) is 54.2 Å². The van der Waals surface area contributed by atoms with E-state index in [1.54, 1.807) is 0 Å². The number of anilines is 2. The maximum Gasteiger partial charge on any atom is 0.136 e. The zero-order valence-electron chi connectivity index (χ0n) is 18.2. The molecule has 3 N–H and O–H groups in total. The number of hydrogen-bond acceptors (Lipinski definition) is 7. The van der Waals surface area contributed by atoms with E-state index in [4.69, 9.17) is 14.7 Å². The molecule has 0 saturated carbocycles. The molecule has 0 amide bonds. The Morgan fingerprint density at radius 2 is 2.00 bits per heavy atom. The second kappa shape index (κ2) is 8.65. The number of pyridine rings is 2. The first-order valence-electron chi connectivity index (χ1n) is 11.2. The van der Waals surface area contributed by atoms with Gasteiger partial charge in [0.05, 0.1) is 36.3 Å². The van der Waals surface area contributed by atoms with Crippen LogP contribution in [0.15, 0.2) is 55.0 Å². The average molecular weight is 440 g/mol. The van der Waals surface area contributed by atoms with Gasteiger partial charge in [0, 0.05) is 54.6 Å². The first-order chi connectivity index (χ1) is 16.3. The largest absolute Gasteiger partial charge is 0.387 e. The van der Waals surface area contributed by atoms with Gasteiger partial charge in [0.1, 0.15) is 5.82 Å². The van der Waals surface area contributed by atoms with Crippen LogP contribution in [0.4, 0.5) is 11.5 Å². The van der Waals surface area contributed by atoms with Crippen LogP contribution < -0.4 is 10.6 Å². The SMILES string of the molecule is C1=Cc2cc(-c3ccc(CN4CCOCC4)nc3)nc(Nc3ccc4cn[nH]c4c3)c2CN1. The number of hydrogen-bond donors (Lipinski definition) is 3. The number of aromatic amines is 1. The number of nitrogens with zero attached hydrogens (tertiary/aromatic N) is 4. The van der Waals surface area contributed by atoms with Crippen LogP contribution >= 0.6 is 0 Å². The Labute approximate surface area is 191 Å². The van der Waals surface area contributed by atoms with Gasteiger partial charge in [-0.3, -0.25) is 15.0 Å². The van der Waals surface area contributed by atoms with E-state index in [1.807, 2.05) is 30.7 Å². The Kier molecular flexibility index (Phi) is 5.22. The first-order valence-corrected chi connectivity index (χ1v) is 11.2. The fourth-order valence-corrected chi connectivity index (χ4v) is 4.30. The molecule has 166 valence electrons. The molecule has 0 aliphatic carbocycles. The van der Waals surface area contributed by atoms with E-state index in [0.29, 0.717) is 0 Å². The lowest BCUT2D eigenvalue weighted by Crippen LogP contribution is -2.35. The third-order valence-electron chi connectivity index (χ3n) is 6.13. The maximum absolute atomic E-state index is 5.44. The number of rotatable bonds is 5. The molecule has 8 nitrogen and oxygen atoms in total. The van der Waals surface area contributed by atoms with Crippen molar-refractivity contribution in [3.05, 3.63) is 71.8 Å². The van der Waals surface area contributed by atoms with Crippen LogP contribution in [0.2, 0.25) is 0 Å². The standard InChI is InChI=1S/C25H25N7O/c1-3-20(12-24-19(1)14-28-31-24)29-25-22-15-26-6-5-17(22)11-23(30-25)18-2-4-21(27-13-18)16-32-7-9-33-10-8-32/h1-6,11-14,26H,7-10,15-16H2,(H,28,31)(H,29,30). The van der Waals surface area contributed by atoms with Gasteiger partial charge in [-0.25, -0.2) is 4.98 Å². The summed E-state index contributed by atoms with van der Waals surface area (Å²) in [6.07, 6.45) is 7.82. The molecule has 1 saturated heterocycles. The zero-order valence-corrected chi connectivity index (χ0v) is 18.2. The Hall–Kier alpha value is -3.75. The van der Waals surface area contributed by atoms with Crippen LogP contribution in [0.1, 0.15) is 16.8 Å². The molecule has 0 radical (unpaired) electrons. The third-order valence-corrected chi connectivity index (χ3v) is 6.13. The highest BCUT2D eigenvalue weighted by atomic mass is 16.5. The fourth-order valence-electron chi connectivity index (χ4n) is 4.30. The lowest BCUT2D eigenvalue weighted by atomic mass is 10.0. The first kappa shape index (κ1) is 19.9. The van der Waals surface area contributed by atoms with Gasteiger partial charge in [-0.1, -0.05) is 0 Å². The predicted molar refractivity (Wildman–Crippen MR) is 129 cm³/mol. The Morgan fingerprint density at radius 3 is 2.88 bits per heavy atom. The van der Waals surface area contributed by atoms with Crippen molar-refractivity contribution in [2.45, 2.75) is 13.1 Å². The number of benzene rings is 1. The van der Waals surface area contributed by atoms with Crippen LogP contribution in [0.5, 0.6) is 0 Å². The Balaban J connectivity index is 1.30. The third kappa shape index (κ3) is 4.18. The molecule has 0 bridgehead atoms. The fraction of sp³-hybridized carbons (Fsp3) is 0.240. The van der Waals surface area contributed by atoms with E-state index in [9.17, 15) is 0 Å². The molecule has 2 aliphatic heterocycles. The molecule has 5 heterocycles. The number of ether oxygens (including phenoxy) is 1. The Bertz CT molecular complexity index is 1310. The van der Waals surface area contributed by atoms with Gasteiger partial charge >= 0.3 is 0 Å². The highest BCUT2D eigenvalue weighted by molar-refractivity contribution is 5.83. The topological polar surface area (TPSA) is 91.0 Å². The molecule has 0 spiro atoms. The van der Waals surface area contributed by atoms with E-state index in [0.717, 1.165) is 89.9 Å². The lowest BCUT2D eigenvalue weighted by Gasteiger charge is -2.26. The Morgan fingerprint density at radius 1 is 1.06 bits per heavy atom. The van der Waals surface area contributed by atoms with Crippen LogP contribution in [-0.2, 0) is 17.8 Å². The minimum absolute atomic E-state index is 0.727. The maximum atomic E-state index is 5.44. The summed E-state index contributed by atoms with van der Waals surface area (Å²) in [4.78, 5) is 12.1. The van der Waals surface area contributed by atoms with Crippen molar-refractivity contribution in [3.8, 4) is 11.3 Å². The molecule has 4 aromatic rings. The molecule has 3 aromatic heterocycles. The van der Waals surface area contributed by atoms with Crippen molar-refractivity contribution >= 4 is 28.5 Å². The van der Waals surface area contributed by atoms with Gasteiger partial charge < -0.3 is 15.4 Å². The number of nitrogens with one attached hydrogen (secondary N) is 3. The summed E-state index contributed by atoms with van der Waals surface area (Å²) in [7, 11) is 0. The number of aromatic nitrogens is 4. The van der Waals surface area contributed by atoms with Crippen molar-refractivity contribution in [1.82, 2.24) is 30.4 Å². The molecular weight excluding hydrogens is 414 g/mol. The van der Waals surface area contributed by atoms with Crippen molar-refractivity contribution in [1.29, 1.82) is 0 Å². The lowest BCUT2D eigenvalue weighted by molar-refractivity contribution is 0.0336. The minimum atomic E-state index is 0.727. The molecule has 0 atom stereocenters. The molecule has 2 aliphatic rings. The molecule has 1 fully saturated rings.